The largest absolute Gasteiger partial charge is 0.310 e. The number of para-hydroxylation sites is 1. The maximum absolute atomic E-state index is 2.50. The summed E-state index contributed by atoms with van der Waals surface area (Å²) in [5.41, 5.74) is 17.8. The summed E-state index contributed by atoms with van der Waals surface area (Å²) >= 11 is 0. The van der Waals surface area contributed by atoms with Gasteiger partial charge in [-0.3, -0.25) is 0 Å². The van der Waals surface area contributed by atoms with E-state index in [0.29, 0.717) is 5.92 Å². The minimum atomic E-state index is -0.126. The Morgan fingerprint density at radius 2 is 1.05 bits per heavy atom. The first-order valence-electron chi connectivity index (χ1n) is 23.3. The molecule has 0 spiro atoms. The average molecular weight is 822 g/mol. The van der Waals surface area contributed by atoms with E-state index in [1.807, 2.05) is 0 Å². The molecule has 0 aromatic heterocycles. The van der Waals surface area contributed by atoms with Crippen LogP contribution in [0, 0.1) is 0 Å². The van der Waals surface area contributed by atoms with Crippen LogP contribution in [0.1, 0.15) is 68.6 Å². The lowest BCUT2D eigenvalue weighted by molar-refractivity contribution is 0.445. The van der Waals surface area contributed by atoms with E-state index in [2.05, 4.69) is 225 Å². The molecule has 0 saturated heterocycles. The molecule has 10 aromatic rings. The van der Waals surface area contributed by atoms with Crippen molar-refractivity contribution in [3.05, 3.63) is 223 Å². The van der Waals surface area contributed by atoms with Crippen LogP contribution in [0.3, 0.4) is 0 Å². The third-order valence-electron chi connectivity index (χ3n) is 14.6. The molecule has 0 radical (unpaired) electrons. The predicted octanol–water partition coefficient (Wildman–Crippen LogP) is 18.0. The van der Waals surface area contributed by atoms with Gasteiger partial charge in [0.2, 0.25) is 0 Å². The zero-order valence-electron chi connectivity index (χ0n) is 36.7. The van der Waals surface area contributed by atoms with Gasteiger partial charge in [-0.05, 0) is 137 Å². The van der Waals surface area contributed by atoms with Gasteiger partial charge in [0.15, 0.2) is 0 Å². The molecule has 2 aliphatic carbocycles. The molecular weight excluding hydrogens is 771 g/mol. The first-order chi connectivity index (χ1) is 31.5. The van der Waals surface area contributed by atoms with Crippen molar-refractivity contribution in [2.45, 2.75) is 57.3 Å². The van der Waals surface area contributed by atoms with Gasteiger partial charge in [0.25, 0.3) is 0 Å². The van der Waals surface area contributed by atoms with Crippen molar-refractivity contribution in [2.24, 2.45) is 0 Å². The van der Waals surface area contributed by atoms with Gasteiger partial charge in [-0.15, -0.1) is 0 Å². The van der Waals surface area contributed by atoms with Crippen LogP contribution >= 0.6 is 0 Å². The maximum Gasteiger partial charge on any atom is 0.0540 e. The van der Waals surface area contributed by atoms with E-state index < -0.39 is 0 Å². The Balaban J connectivity index is 1.04. The number of fused-ring (bicyclic) bond motifs is 7. The molecule has 0 unspecified atom stereocenters. The molecule has 1 heteroatoms. The molecule has 10 aromatic carbocycles. The van der Waals surface area contributed by atoms with Gasteiger partial charge in [-0.2, -0.15) is 0 Å². The zero-order valence-corrected chi connectivity index (χ0v) is 36.7. The Bertz CT molecular complexity index is 3390. The Labute approximate surface area is 377 Å². The zero-order chi connectivity index (χ0) is 42.8. The van der Waals surface area contributed by atoms with Crippen LogP contribution in [0.4, 0.5) is 17.1 Å². The van der Waals surface area contributed by atoms with E-state index in [1.165, 1.54) is 131 Å². The normalized spacial score (nSPS) is 14.5. The van der Waals surface area contributed by atoms with Crippen LogP contribution < -0.4 is 4.90 Å². The minimum absolute atomic E-state index is 0.126. The number of benzene rings is 10. The number of hydrogen-bond donors (Lipinski definition) is 0. The average Bonchev–Trinajstić information content (AvgIpc) is 3.60. The Morgan fingerprint density at radius 1 is 0.406 bits per heavy atom. The third kappa shape index (κ3) is 6.28. The van der Waals surface area contributed by atoms with Gasteiger partial charge >= 0.3 is 0 Å². The number of anilines is 3. The highest BCUT2D eigenvalue weighted by Crippen LogP contribution is 2.53. The van der Waals surface area contributed by atoms with Gasteiger partial charge in [0.05, 0.1) is 5.69 Å². The molecule has 0 aliphatic heterocycles. The lowest BCUT2D eigenvalue weighted by Crippen LogP contribution is -2.16. The quantitative estimate of drug-likeness (QED) is 0.145. The van der Waals surface area contributed by atoms with E-state index in [4.69, 9.17) is 0 Å². The monoisotopic (exact) mass is 821 g/mol. The summed E-state index contributed by atoms with van der Waals surface area (Å²) in [5, 5.41) is 7.83. The summed E-state index contributed by atoms with van der Waals surface area (Å²) in [7, 11) is 0. The second-order valence-electron chi connectivity index (χ2n) is 18.6. The lowest BCUT2D eigenvalue weighted by Gasteiger charge is -2.30. The summed E-state index contributed by atoms with van der Waals surface area (Å²) in [4.78, 5) is 2.50. The molecule has 2 aliphatic rings. The van der Waals surface area contributed by atoms with Gasteiger partial charge in [0, 0.05) is 22.4 Å². The van der Waals surface area contributed by atoms with Crippen molar-refractivity contribution < 1.29 is 0 Å². The van der Waals surface area contributed by atoms with Gasteiger partial charge in [-0.1, -0.05) is 209 Å². The lowest BCUT2D eigenvalue weighted by atomic mass is 9.79. The van der Waals surface area contributed by atoms with E-state index in [9.17, 15) is 0 Å². The van der Waals surface area contributed by atoms with E-state index in [1.54, 1.807) is 0 Å². The minimum Gasteiger partial charge on any atom is -0.310 e. The highest BCUT2D eigenvalue weighted by molar-refractivity contribution is 6.12. The third-order valence-corrected chi connectivity index (χ3v) is 14.6. The fourth-order valence-corrected chi connectivity index (χ4v) is 11.7. The van der Waals surface area contributed by atoms with Crippen LogP contribution in [0.2, 0.25) is 0 Å². The number of nitrogens with zero attached hydrogens (tertiary/aromatic N) is 1. The highest BCUT2D eigenvalue weighted by Gasteiger charge is 2.37. The summed E-state index contributed by atoms with van der Waals surface area (Å²) < 4.78 is 0. The van der Waals surface area contributed by atoms with Crippen LogP contribution in [-0.2, 0) is 5.41 Å². The van der Waals surface area contributed by atoms with Crippen molar-refractivity contribution in [2.75, 3.05) is 4.90 Å². The summed E-state index contributed by atoms with van der Waals surface area (Å²) in [6.45, 7) is 4.78. The molecule has 0 amide bonds. The molecule has 0 atom stereocenters. The molecule has 1 nitrogen and oxygen atoms in total. The summed E-state index contributed by atoms with van der Waals surface area (Å²) in [6.07, 6.45) is 6.49. The predicted molar refractivity (Wildman–Crippen MR) is 273 cm³/mol. The fourth-order valence-electron chi connectivity index (χ4n) is 11.7. The van der Waals surface area contributed by atoms with E-state index in [0.717, 1.165) is 11.4 Å². The molecule has 1 saturated carbocycles. The molecule has 308 valence electrons. The van der Waals surface area contributed by atoms with Crippen molar-refractivity contribution in [3.63, 3.8) is 0 Å². The van der Waals surface area contributed by atoms with E-state index in [-0.39, 0.29) is 5.41 Å². The molecular formula is C63H51N. The first-order valence-corrected chi connectivity index (χ1v) is 23.3. The second-order valence-corrected chi connectivity index (χ2v) is 18.6. The van der Waals surface area contributed by atoms with Crippen molar-refractivity contribution in [1.82, 2.24) is 0 Å². The van der Waals surface area contributed by atoms with Crippen LogP contribution in [0.25, 0.3) is 76.8 Å². The number of hydrogen-bond acceptors (Lipinski definition) is 1. The number of rotatable bonds is 7. The van der Waals surface area contributed by atoms with Gasteiger partial charge < -0.3 is 4.90 Å². The molecule has 64 heavy (non-hydrogen) atoms. The van der Waals surface area contributed by atoms with Crippen LogP contribution in [0.5, 0.6) is 0 Å². The van der Waals surface area contributed by atoms with Crippen molar-refractivity contribution in [1.29, 1.82) is 0 Å². The van der Waals surface area contributed by atoms with Crippen LogP contribution in [-0.4, -0.2) is 0 Å². The van der Waals surface area contributed by atoms with Crippen molar-refractivity contribution >= 4 is 49.4 Å². The molecule has 0 heterocycles. The maximum atomic E-state index is 2.50. The molecule has 0 N–H and O–H groups in total. The SMILES string of the molecule is CC1(C)c2ccccc2-c2cccc(-c3cccc(N(c4ccc(-c5cccc6c5ccc5ccccc56)cc4)c4ccccc4-c4cccc5cccc(C6CCCCC6)c45)c3)c21. The summed E-state index contributed by atoms with van der Waals surface area (Å²) in [5.74, 6) is 0.584. The first kappa shape index (κ1) is 38.5. The van der Waals surface area contributed by atoms with E-state index >= 15 is 0 Å². The standard InChI is InChI=1S/C63H51N/c1-63(2)59-33-10-8-25-55(59)58-32-16-29-52(62(58)63)46-22-12-23-48(41-46)64(47-38-35-44(36-39-47)50-27-15-30-53-49-24-7-6-19-43(49)37-40-54(50)53)60-34-11-9-26-56(60)57-31-14-21-45-20-13-28-51(61(45)57)42-17-4-3-5-18-42/h6-16,19-42H,3-5,17-18H2,1-2H3. The Hall–Kier alpha value is -7.22. The summed E-state index contributed by atoms with van der Waals surface area (Å²) in [6, 6.07) is 77.4. The fraction of sp³-hybridized carbons (Fsp3) is 0.143. The Morgan fingerprint density at radius 3 is 1.92 bits per heavy atom. The van der Waals surface area contributed by atoms with Gasteiger partial charge in [-0.25, -0.2) is 0 Å². The highest BCUT2D eigenvalue weighted by atomic mass is 15.1. The topological polar surface area (TPSA) is 3.24 Å². The van der Waals surface area contributed by atoms with Gasteiger partial charge in [0.1, 0.15) is 0 Å². The Kier molecular flexibility index (Phi) is 9.34. The smallest absolute Gasteiger partial charge is 0.0540 e. The molecule has 0 bridgehead atoms. The van der Waals surface area contributed by atoms with Crippen LogP contribution in [0.15, 0.2) is 206 Å². The molecule has 1 fully saturated rings. The second kappa shape index (κ2) is 15.5. The van der Waals surface area contributed by atoms with Crippen molar-refractivity contribution in [3.8, 4) is 44.5 Å². The molecule has 12 rings (SSSR count).